The number of rotatable bonds is 5. The lowest BCUT2D eigenvalue weighted by Crippen LogP contribution is -2.29. The monoisotopic (exact) mass is 321 g/mol. The lowest BCUT2D eigenvalue weighted by Gasteiger charge is -2.12. The molecule has 0 aliphatic rings. The highest BCUT2D eigenvalue weighted by molar-refractivity contribution is 6.30. The summed E-state index contributed by atoms with van der Waals surface area (Å²) in [6.45, 7) is 4.17. The van der Waals surface area contributed by atoms with Gasteiger partial charge in [-0.3, -0.25) is 9.48 Å². The Morgan fingerprint density at radius 2 is 2.00 bits per heavy atom. The molecule has 1 aromatic carbocycles. The van der Waals surface area contributed by atoms with Gasteiger partial charge in [0.1, 0.15) is 5.69 Å². The number of benzene rings is 1. The Kier molecular flexibility index (Phi) is 5.21. The third kappa shape index (κ3) is 3.87. The minimum Gasteiger partial charge on any atom is -0.387 e. The normalized spacial score (nSPS) is 12.5. The Bertz CT molecular complexity index is 650. The van der Waals surface area contributed by atoms with Crippen molar-refractivity contribution in [2.45, 2.75) is 25.9 Å². The molecule has 22 heavy (non-hydrogen) atoms. The van der Waals surface area contributed by atoms with Crippen LogP contribution in [0.2, 0.25) is 5.02 Å². The van der Waals surface area contributed by atoms with Gasteiger partial charge in [-0.2, -0.15) is 5.10 Å². The summed E-state index contributed by atoms with van der Waals surface area (Å²) in [4.78, 5) is 12.2. The number of halogens is 1. The minimum absolute atomic E-state index is 0.128. The molecule has 0 saturated heterocycles. The van der Waals surface area contributed by atoms with Gasteiger partial charge in [-0.05, 0) is 29.7 Å². The maximum absolute atomic E-state index is 12.2. The van der Waals surface area contributed by atoms with Crippen LogP contribution in [0, 0.1) is 0 Å². The number of amides is 1. The van der Waals surface area contributed by atoms with Gasteiger partial charge in [0.15, 0.2) is 0 Å². The highest BCUT2D eigenvalue weighted by Crippen LogP contribution is 2.16. The van der Waals surface area contributed by atoms with Gasteiger partial charge in [0.05, 0.1) is 11.8 Å². The van der Waals surface area contributed by atoms with E-state index in [1.165, 1.54) is 0 Å². The zero-order valence-electron chi connectivity index (χ0n) is 12.9. The number of hydrogen-bond donors (Lipinski definition) is 2. The first kappa shape index (κ1) is 16.5. The van der Waals surface area contributed by atoms with Crippen molar-refractivity contribution in [1.29, 1.82) is 0 Å². The molecule has 0 aliphatic heterocycles. The number of carbonyl (C=O) groups excluding carboxylic acids is 1. The van der Waals surface area contributed by atoms with Gasteiger partial charge < -0.3 is 10.4 Å². The van der Waals surface area contributed by atoms with Crippen LogP contribution in [0.1, 0.15) is 47.6 Å². The van der Waals surface area contributed by atoms with Gasteiger partial charge in [-0.15, -0.1) is 0 Å². The predicted molar refractivity (Wildman–Crippen MR) is 86.0 cm³/mol. The van der Waals surface area contributed by atoms with Crippen molar-refractivity contribution in [2.24, 2.45) is 7.05 Å². The molecular weight excluding hydrogens is 302 g/mol. The summed E-state index contributed by atoms with van der Waals surface area (Å²) >= 11 is 5.81. The van der Waals surface area contributed by atoms with Crippen LogP contribution >= 0.6 is 11.6 Å². The van der Waals surface area contributed by atoms with Gasteiger partial charge in [-0.25, -0.2) is 0 Å². The third-order valence-corrected chi connectivity index (χ3v) is 3.69. The van der Waals surface area contributed by atoms with Gasteiger partial charge >= 0.3 is 0 Å². The second-order valence-electron chi connectivity index (χ2n) is 5.51. The summed E-state index contributed by atoms with van der Waals surface area (Å²) in [5, 5.41) is 17.7. The van der Waals surface area contributed by atoms with Crippen LogP contribution in [0.25, 0.3) is 0 Å². The van der Waals surface area contributed by atoms with Crippen LogP contribution in [0.5, 0.6) is 0 Å². The fourth-order valence-corrected chi connectivity index (χ4v) is 2.19. The van der Waals surface area contributed by atoms with Gasteiger partial charge in [0, 0.05) is 18.6 Å². The standard InChI is InChI=1S/C16H20ClN3O2/c1-10(2)13-8-14(20(3)19-13)16(22)18-9-15(21)11-4-6-12(17)7-5-11/h4-8,10,15,21H,9H2,1-3H3,(H,18,22). The van der Waals surface area contributed by atoms with Crippen molar-refractivity contribution in [2.75, 3.05) is 6.54 Å². The van der Waals surface area contributed by atoms with Crippen LogP contribution in [-0.4, -0.2) is 27.3 Å². The van der Waals surface area contributed by atoms with E-state index in [0.717, 1.165) is 5.69 Å². The molecule has 2 rings (SSSR count). The van der Waals surface area contributed by atoms with E-state index in [1.54, 1.807) is 42.1 Å². The Balaban J connectivity index is 1.99. The second-order valence-corrected chi connectivity index (χ2v) is 5.95. The molecule has 1 amide bonds. The van der Waals surface area contributed by atoms with E-state index in [0.29, 0.717) is 16.3 Å². The molecule has 1 heterocycles. The molecule has 0 fully saturated rings. The summed E-state index contributed by atoms with van der Waals surface area (Å²) in [5.41, 5.74) is 2.05. The Labute approximate surface area is 134 Å². The lowest BCUT2D eigenvalue weighted by molar-refractivity contribution is 0.0907. The maximum atomic E-state index is 12.2. The molecule has 0 bridgehead atoms. The van der Waals surface area contributed by atoms with Crippen LogP contribution in [-0.2, 0) is 7.05 Å². The molecule has 5 nitrogen and oxygen atoms in total. The molecule has 2 aromatic rings. The highest BCUT2D eigenvalue weighted by atomic mass is 35.5. The van der Waals surface area contributed by atoms with Crippen molar-refractivity contribution >= 4 is 17.5 Å². The van der Waals surface area contributed by atoms with Gasteiger partial charge in [0.2, 0.25) is 0 Å². The van der Waals surface area contributed by atoms with Crippen LogP contribution in [0.15, 0.2) is 30.3 Å². The van der Waals surface area contributed by atoms with E-state index in [1.807, 2.05) is 13.8 Å². The van der Waals surface area contributed by atoms with Gasteiger partial charge in [0.25, 0.3) is 5.91 Å². The Morgan fingerprint density at radius 1 is 1.36 bits per heavy atom. The number of aromatic nitrogens is 2. The van der Waals surface area contributed by atoms with Crippen molar-refractivity contribution in [1.82, 2.24) is 15.1 Å². The summed E-state index contributed by atoms with van der Waals surface area (Å²) in [6.07, 6.45) is -0.779. The molecule has 0 spiro atoms. The number of hydrogen-bond acceptors (Lipinski definition) is 3. The highest BCUT2D eigenvalue weighted by Gasteiger charge is 2.16. The summed E-state index contributed by atoms with van der Waals surface area (Å²) in [6, 6.07) is 8.66. The SMILES string of the molecule is CC(C)c1cc(C(=O)NCC(O)c2ccc(Cl)cc2)n(C)n1. The summed E-state index contributed by atoms with van der Waals surface area (Å²) < 4.78 is 1.55. The first-order valence-electron chi connectivity index (χ1n) is 7.14. The maximum Gasteiger partial charge on any atom is 0.269 e. The lowest BCUT2D eigenvalue weighted by atomic mass is 10.1. The van der Waals surface area contributed by atoms with E-state index < -0.39 is 6.10 Å². The van der Waals surface area contributed by atoms with Gasteiger partial charge in [-0.1, -0.05) is 37.6 Å². The molecule has 118 valence electrons. The van der Waals surface area contributed by atoms with Crippen LogP contribution in [0.4, 0.5) is 0 Å². The average molecular weight is 322 g/mol. The fraction of sp³-hybridized carbons (Fsp3) is 0.375. The molecule has 0 saturated carbocycles. The predicted octanol–water partition coefficient (Wildman–Crippen LogP) is 2.66. The number of nitrogens with zero attached hydrogens (tertiary/aromatic N) is 2. The first-order chi connectivity index (χ1) is 10.4. The summed E-state index contributed by atoms with van der Waals surface area (Å²) in [5.74, 6) is 0.00215. The van der Waals surface area contributed by atoms with Crippen molar-refractivity contribution in [3.63, 3.8) is 0 Å². The number of aliphatic hydroxyl groups is 1. The Morgan fingerprint density at radius 3 is 2.55 bits per heavy atom. The zero-order chi connectivity index (χ0) is 16.3. The van der Waals surface area contributed by atoms with E-state index in [9.17, 15) is 9.90 Å². The number of aryl methyl sites for hydroxylation is 1. The van der Waals surface area contributed by atoms with Crippen LogP contribution in [0.3, 0.4) is 0 Å². The second kappa shape index (κ2) is 6.94. The number of aliphatic hydroxyl groups excluding tert-OH is 1. The average Bonchev–Trinajstić information content (AvgIpc) is 2.87. The Hall–Kier alpha value is -1.85. The fourth-order valence-electron chi connectivity index (χ4n) is 2.07. The van der Waals surface area contributed by atoms with Crippen molar-refractivity contribution < 1.29 is 9.90 Å². The zero-order valence-corrected chi connectivity index (χ0v) is 13.6. The molecule has 6 heteroatoms. The first-order valence-corrected chi connectivity index (χ1v) is 7.52. The van der Waals surface area contributed by atoms with E-state index in [4.69, 9.17) is 11.6 Å². The molecule has 2 N–H and O–H groups in total. The van der Waals surface area contributed by atoms with E-state index in [-0.39, 0.29) is 18.4 Å². The molecular formula is C16H20ClN3O2. The largest absolute Gasteiger partial charge is 0.387 e. The van der Waals surface area contributed by atoms with Crippen molar-refractivity contribution in [3.05, 3.63) is 52.3 Å². The molecule has 1 atom stereocenters. The number of nitrogens with one attached hydrogen (secondary N) is 1. The molecule has 1 unspecified atom stereocenters. The molecule has 0 radical (unpaired) electrons. The van der Waals surface area contributed by atoms with E-state index >= 15 is 0 Å². The summed E-state index contributed by atoms with van der Waals surface area (Å²) in [7, 11) is 1.73. The number of carbonyl (C=O) groups is 1. The van der Waals surface area contributed by atoms with Crippen LogP contribution < -0.4 is 5.32 Å². The molecule has 0 aliphatic carbocycles. The topological polar surface area (TPSA) is 67.2 Å². The quantitative estimate of drug-likeness (QED) is 0.889. The molecule has 1 aromatic heterocycles. The smallest absolute Gasteiger partial charge is 0.269 e. The van der Waals surface area contributed by atoms with E-state index in [2.05, 4.69) is 10.4 Å². The minimum atomic E-state index is -0.779. The van der Waals surface area contributed by atoms with Crippen molar-refractivity contribution in [3.8, 4) is 0 Å². The third-order valence-electron chi connectivity index (χ3n) is 3.43.